The zero-order valence-electron chi connectivity index (χ0n) is 19.7. The molecule has 3 aromatic rings. The Bertz CT molecular complexity index is 1330. The number of anilines is 1. The first-order valence-corrected chi connectivity index (χ1v) is 11.5. The Labute approximate surface area is 213 Å². The molecule has 1 N–H and O–H groups in total. The van der Waals surface area contributed by atoms with E-state index in [1.807, 2.05) is 18.2 Å². The molecule has 4 rings (SSSR count). The third kappa shape index (κ3) is 5.79. The number of nitrogens with one attached hydrogen (secondary N) is 1. The summed E-state index contributed by atoms with van der Waals surface area (Å²) in [6.45, 7) is 0.276. The van der Waals surface area contributed by atoms with Crippen LogP contribution in [0.25, 0.3) is 0 Å². The second-order valence-corrected chi connectivity index (χ2v) is 8.66. The van der Waals surface area contributed by atoms with E-state index in [-0.39, 0.29) is 30.6 Å². The van der Waals surface area contributed by atoms with Gasteiger partial charge in [-0.25, -0.2) is 4.98 Å². The van der Waals surface area contributed by atoms with Crippen LogP contribution in [0, 0.1) is 17.2 Å². The van der Waals surface area contributed by atoms with Crippen LogP contribution < -0.4 is 10.1 Å². The van der Waals surface area contributed by atoms with Gasteiger partial charge in [0.05, 0.1) is 13.1 Å². The number of amides is 2. The Kier molecular flexibility index (Phi) is 7.47. The highest BCUT2D eigenvalue weighted by atomic mass is 35.5. The summed E-state index contributed by atoms with van der Waals surface area (Å²) < 4.78 is 5.72. The maximum absolute atomic E-state index is 13.3. The third-order valence-corrected chi connectivity index (χ3v) is 5.66. The quantitative estimate of drug-likeness (QED) is 0.511. The Morgan fingerprint density at radius 2 is 1.89 bits per heavy atom. The number of rotatable bonds is 6. The van der Waals surface area contributed by atoms with E-state index in [2.05, 4.69) is 15.3 Å². The first-order chi connectivity index (χ1) is 17.3. The number of guanidine groups is 1. The zero-order valence-corrected chi connectivity index (χ0v) is 20.4. The van der Waals surface area contributed by atoms with Gasteiger partial charge in [-0.3, -0.25) is 19.5 Å². The lowest BCUT2D eigenvalue weighted by atomic mass is 10.0. The number of carbonyl (C=O) groups is 2. The predicted molar refractivity (Wildman–Crippen MR) is 136 cm³/mol. The summed E-state index contributed by atoms with van der Waals surface area (Å²) in [5, 5.41) is 12.8. The summed E-state index contributed by atoms with van der Waals surface area (Å²) in [7, 11) is 3.23. The monoisotopic (exact) mass is 502 g/mol. The third-order valence-electron chi connectivity index (χ3n) is 5.41. The molecule has 182 valence electrons. The van der Waals surface area contributed by atoms with Crippen LogP contribution in [0.4, 0.5) is 5.69 Å². The van der Waals surface area contributed by atoms with Crippen molar-refractivity contribution in [1.29, 1.82) is 5.26 Å². The minimum absolute atomic E-state index is 0.0530. The summed E-state index contributed by atoms with van der Waals surface area (Å²) in [4.78, 5) is 37.4. The normalized spacial score (nSPS) is 15.1. The smallest absolute Gasteiger partial charge is 0.244 e. The van der Waals surface area contributed by atoms with Crippen LogP contribution >= 0.6 is 11.6 Å². The average molecular weight is 503 g/mol. The van der Waals surface area contributed by atoms with E-state index in [0.717, 1.165) is 5.56 Å². The van der Waals surface area contributed by atoms with Crippen molar-refractivity contribution < 1.29 is 14.3 Å². The lowest BCUT2D eigenvalue weighted by molar-refractivity contribution is -0.144. The second kappa shape index (κ2) is 10.9. The molecule has 0 aliphatic carbocycles. The number of aliphatic imine (C=N–C) groups is 1. The molecule has 2 heterocycles. The van der Waals surface area contributed by atoms with Gasteiger partial charge in [-0.1, -0.05) is 29.8 Å². The van der Waals surface area contributed by atoms with Crippen molar-refractivity contribution in [3.05, 3.63) is 83.0 Å². The molecule has 0 fully saturated rings. The van der Waals surface area contributed by atoms with E-state index >= 15 is 0 Å². The van der Waals surface area contributed by atoms with E-state index in [1.54, 1.807) is 68.7 Å². The number of nitrogens with zero attached hydrogens (tertiary/aromatic N) is 5. The number of hydrogen-bond donors (Lipinski definition) is 1. The highest BCUT2D eigenvalue weighted by Gasteiger charge is 2.37. The van der Waals surface area contributed by atoms with Crippen molar-refractivity contribution in [2.45, 2.75) is 6.54 Å². The Morgan fingerprint density at radius 1 is 1.17 bits per heavy atom. The summed E-state index contributed by atoms with van der Waals surface area (Å²) in [6, 6.07) is 21.1. The first-order valence-electron chi connectivity index (χ1n) is 11.1. The van der Waals surface area contributed by atoms with Crippen LogP contribution in [0.2, 0.25) is 5.02 Å². The van der Waals surface area contributed by atoms with Crippen molar-refractivity contribution in [1.82, 2.24) is 14.8 Å². The number of pyridine rings is 1. The molecule has 0 spiro atoms. The summed E-state index contributed by atoms with van der Waals surface area (Å²) in [5.41, 5.74) is 1.78. The second-order valence-electron chi connectivity index (χ2n) is 8.22. The van der Waals surface area contributed by atoms with E-state index < -0.39 is 5.92 Å². The number of carbonyl (C=O) groups excluding carboxylic acids is 2. The zero-order chi connectivity index (χ0) is 25.7. The van der Waals surface area contributed by atoms with Gasteiger partial charge in [-0.2, -0.15) is 5.26 Å². The number of nitriles is 1. The Balaban J connectivity index is 1.53. The van der Waals surface area contributed by atoms with Gasteiger partial charge in [0.25, 0.3) is 0 Å². The molecule has 1 aliphatic rings. The molecular weight excluding hydrogens is 480 g/mol. The molecule has 1 unspecified atom stereocenters. The molecule has 0 bridgehead atoms. The van der Waals surface area contributed by atoms with Gasteiger partial charge in [0.15, 0.2) is 0 Å². The number of ether oxygens (including phenoxy) is 1. The van der Waals surface area contributed by atoms with Crippen molar-refractivity contribution >= 4 is 35.1 Å². The number of aromatic nitrogens is 1. The summed E-state index contributed by atoms with van der Waals surface area (Å²) in [5.74, 6) is -0.327. The highest BCUT2D eigenvalue weighted by molar-refractivity contribution is 6.30. The number of benzene rings is 2. The molecule has 0 radical (unpaired) electrons. The molecule has 1 aliphatic heterocycles. The molecule has 36 heavy (non-hydrogen) atoms. The predicted octanol–water partition coefficient (Wildman–Crippen LogP) is 3.91. The minimum atomic E-state index is -0.884. The van der Waals surface area contributed by atoms with Gasteiger partial charge < -0.3 is 15.0 Å². The standard InChI is InChI=1S/C26H23ClN6O3/c1-32(2)24(34)22-15-29-26(33(25(22)35)16-17-6-8-18(27)9-7-17)31-19-10-12-21(13-11-19)36-23-5-3-4-20(14-28)30-23/h3-13,22H,15-16H2,1-2H3,(H,29,31). The van der Waals surface area contributed by atoms with Gasteiger partial charge in [0.2, 0.25) is 23.7 Å². The maximum Gasteiger partial charge on any atom is 0.244 e. The van der Waals surface area contributed by atoms with Gasteiger partial charge in [0.1, 0.15) is 23.4 Å². The lowest BCUT2D eigenvalue weighted by Crippen LogP contribution is -2.52. The lowest BCUT2D eigenvalue weighted by Gasteiger charge is -2.32. The molecule has 2 amide bonds. The molecule has 9 nitrogen and oxygen atoms in total. The largest absolute Gasteiger partial charge is 0.439 e. The maximum atomic E-state index is 13.3. The van der Waals surface area contributed by atoms with E-state index in [1.165, 1.54) is 9.80 Å². The van der Waals surface area contributed by atoms with Crippen molar-refractivity contribution in [2.75, 3.05) is 26.0 Å². The van der Waals surface area contributed by atoms with Crippen LogP contribution in [0.15, 0.2) is 71.7 Å². The van der Waals surface area contributed by atoms with Crippen molar-refractivity contribution in [3.8, 4) is 17.7 Å². The summed E-state index contributed by atoms with van der Waals surface area (Å²) in [6.07, 6.45) is 0. The van der Waals surface area contributed by atoms with Crippen molar-refractivity contribution in [2.24, 2.45) is 10.9 Å². The topological polar surface area (TPSA) is 111 Å². The van der Waals surface area contributed by atoms with Gasteiger partial charge in [-0.05, 0) is 48.0 Å². The SMILES string of the molecule is CN(C)C(=O)C1CN=C(Nc2ccc(Oc3cccc(C#N)n3)cc2)N(Cc2ccc(Cl)cc2)C1=O. The van der Waals surface area contributed by atoms with Crippen molar-refractivity contribution in [3.63, 3.8) is 0 Å². The van der Waals surface area contributed by atoms with E-state index in [0.29, 0.717) is 28.3 Å². The highest BCUT2D eigenvalue weighted by Crippen LogP contribution is 2.24. The van der Waals surface area contributed by atoms with Gasteiger partial charge >= 0.3 is 0 Å². The molecule has 1 aromatic heterocycles. The Morgan fingerprint density at radius 3 is 2.56 bits per heavy atom. The van der Waals surface area contributed by atoms with Crippen LogP contribution in [0.3, 0.4) is 0 Å². The molecule has 0 saturated carbocycles. The van der Waals surface area contributed by atoms with Crippen LogP contribution in [0.5, 0.6) is 11.6 Å². The fourth-order valence-electron chi connectivity index (χ4n) is 3.55. The number of hydrogen-bond acceptors (Lipinski definition) is 7. The van der Waals surface area contributed by atoms with Gasteiger partial charge in [-0.15, -0.1) is 0 Å². The molecule has 0 saturated heterocycles. The van der Waals surface area contributed by atoms with Crippen LogP contribution in [0.1, 0.15) is 11.3 Å². The molecule has 10 heteroatoms. The van der Waals surface area contributed by atoms with Gasteiger partial charge in [0, 0.05) is 30.9 Å². The van der Waals surface area contributed by atoms with E-state index in [9.17, 15) is 9.59 Å². The molecule has 2 aromatic carbocycles. The first kappa shape index (κ1) is 24.7. The summed E-state index contributed by atoms with van der Waals surface area (Å²) >= 11 is 6.00. The van der Waals surface area contributed by atoms with Crippen LogP contribution in [-0.4, -0.2) is 53.2 Å². The fraction of sp³-hybridized carbons (Fsp3) is 0.192. The molecular formula is C26H23ClN6O3. The molecule has 1 atom stereocenters. The Hall–Kier alpha value is -4.42. The van der Waals surface area contributed by atoms with Crippen LogP contribution in [-0.2, 0) is 16.1 Å². The van der Waals surface area contributed by atoms with E-state index in [4.69, 9.17) is 21.6 Å². The fourth-order valence-corrected chi connectivity index (χ4v) is 3.68. The minimum Gasteiger partial charge on any atom is -0.439 e. The number of halogens is 1. The average Bonchev–Trinajstić information content (AvgIpc) is 2.88.